The first-order chi connectivity index (χ1) is 17.5. The topological polar surface area (TPSA) is 66.9 Å². The predicted molar refractivity (Wildman–Crippen MR) is 148 cm³/mol. The van der Waals surface area contributed by atoms with Gasteiger partial charge in [0.2, 0.25) is 0 Å². The van der Waals surface area contributed by atoms with Crippen LogP contribution in [0.25, 0.3) is 0 Å². The Morgan fingerprint density at radius 3 is 2.19 bits per heavy atom. The molecule has 7 heteroatoms. The van der Waals surface area contributed by atoms with E-state index in [0.29, 0.717) is 31.7 Å². The molecule has 3 aromatic rings. The molecule has 0 N–H and O–H groups in total. The zero-order valence-corrected chi connectivity index (χ0v) is 23.1. The summed E-state index contributed by atoms with van der Waals surface area (Å²) < 4.78 is 32.0. The third kappa shape index (κ3) is 5.99. The Morgan fingerprint density at radius 2 is 1.57 bits per heavy atom. The average Bonchev–Trinajstić information content (AvgIpc) is 2.88. The molecule has 1 fully saturated rings. The lowest BCUT2D eigenvalue weighted by atomic mass is 9.87. The number of ether oxygens (including phenoxy) is 1. The number of anilines is 1. The molecule has 1 aliphatic heterocycles. The van der Waals surface area contributed by atoms with Gasteiger partial charge in [0.1, 0.15) is 5.75 Å². The molecule has 4 rings (SSSR count). The minimum absolute atomic E-state index is 0.00225. The summed E-state index contributed by atoms with van der Waals surface area (Å²) >= 11 is 0. The van der Waals surface area contributed by atoms with Crippen LogP contribution in [0.1, 0.15) is 47.8 Å². The van der Waals surface area contributed by atoms with Gasteiger partial charge in [0.15, 0.2) is 9.84 Å². The smallest absolute Gasteiger partial charge is 0.254 e. The van der Waals surface area contributed by atoms with Crippen LogP contribution in [-0.2, 0) is 21.0 Å². The molecule has 6 nitrogen and oxygen atoms in total. The zero-order valence-electron chi connectivity index (χ0n) is 22.3. The SMILES string of the molecule is COc1ccccc1N1CCN(C(=O)c2cc(S(=O)(=O)Cc3ccc(C(C)(C)C)cc3)ccc2C)CC1. The number of piperazine rings is 1. The molecule has 1 amide bonds. The number of aryl methyl sites for hydroxylation is 1. The lowest BCUT2D eigenvalue weighted by molar-refractivity contribution is 0.0745. The van der Waals surface area contributed by atoms with Crippen LogP contribution >= 0.6 is 0 Å². The molecule has 0 atom stereocenters. The lowest BCUT2D eigenvalue weighted by Gasteiger charge is -2.36. The average molecular weight is 521 g/mol. The van der Waals surface area contributed by atoms with Crippen molar-refractivity contribution in [3.63, 3.8) is 0 Å². The Bertz CT molecular complexity index is 1370. The summed E-state index contributed by atoms with van der Waals surface area (Å²) in [6.45, 7) is 10.7. The van der Waals surface area contributed by atoms with Crippen LogP contribution in [0.15, 0.2) is 71.6 Å². The molecule has 1 aliphatic rings. The maximum absolute atomic E-state index is 13.4. The van der Waals surface area contributed by atoms with Crippen molar-refractivity contribution in [2.24, 2.45) is 0 Å². The highest BCUT2D eigenvalue weighted by molar-refractivity contribution is 7.90. The molecule has 1 saturated heterocycles. The highest BCUT2D eigenvalue weighted by atomic mass is 32.2. The lowest BCUT2D eigenvalue weighted by Crippen LogP contribution is -2.49. The monoisotopic (exact) mass is 520 g/mol. The van der Waals surface area contributed by atoms with Crippen molar-refractivity contribution < 1.29 is 17.9 Å². The number of rotatable bonds is 6. The molecule has 0 saturated carbocycles. The molecule has 196 valence electrons. The van der Waals surface area contributed by atoms with Gasteiger partial charge in [-0.3, -0.25) is 4.79 Å². The van der Waals surface area contributed by atoms with Gasteiger partial charge in [0.25, 0.3) is 5.91 Å². The van der Waals surface area contributed by atoms with Gasteiger partial charge in [-0.25, -0.2) is 8.42 Å². The van der Waals surface area contributed by atoms with Gasteiger partial charge in [-0.15, -0.1) is 0 Å². The predicted octanol–water partition coefficient (Wildman–Crippen LogP) is 5.24. The summed E-state index contributed by atoms with van der Waals surface area (Å²) in [5.41, 5.74) is 4.11. The van der Waals surface area contributed by atoms with Gasteiger partial charge in [-0.2, -0.15) is 0 Å². The fourth-order valence-electron chi connectivity index (χ4n) is 4.64. The second-order valence-corrected chi connectivity index (χ2v) is 12.6. The first kappa shape index (κ1) is 26.7. The number of amides is 1. The molecule has 0 aromatic heterocycles. The number of carbonyl (C=O) groups excluding carboxylic acids is 1. The van der Waals surface area contributed by atoms with Crippen molar-refractivity contribution in [2.75, 3.05) is 38.2 Å². The highest BCUT2D eigenvalue weighted by Gasteiger charge is 2.26. The summed E-state index contributed by atoms with van der Waals surface area (Å²) in [4.78, 5) is 17.6. The largest absolute Gasteiger partial charge is 0.495 e. The molecule has 3 aromatic carbocycles. The molecule has 0 unspecified atom stereocenters. The highest BCUT2D eigenvalue weighted by Crippen LogP contribution is 2.29. The number of para-hydroxylation sites is 2. The van der Waals surface area contributed by atoms with Crippen LogP contribution in [0.5, 0.6) is 5.75 Å². The van der Waals surface area contributed by atoms with Gasteiger partial charge >= 0.3 is 0 Å². The van der Waals surface area contributed by atoms with E-state index in [9.17, 15) is 13.2 Å². The van der Waals surface area contributed by atoms with Crippen LogP contribution < -0.4 is 9.64 Å². The summed E-state index contributed by atoms with van der Waals surface area (Å²) in [7, 11) is -1.95. The van der Waals surface area contributed by atoms with E-state index in [1.807, 2.05) is 55.5 Å². The van der Waals surface area contributed by atoms with Crippen molar-refractivity contribution in [1.82, 2.24) is 4.90 Å². The number of carbonyl (C=O) groups is 1. The molecular weight excluding hydrogens is 484 g/mol. The fraction of sp³-hybridized carbons (Fsp3) is 0.367. The molecule has 0 spiro atoms. The zero-order chi connectivity index (χ0) is 26.8. The van der Waals surface area contributed by atoms with Crippen LogP contribution in [0.2, 0.25) is 0 Å². The fourth-order valence-corrected chi connectivity index (χ4v) is 6.01. The van der Waals surface area contributed by atoms with Crippen molar-refractivity contribution in [1.29, 1.82) is 0 Å². The Labute approximate surface area is 220 Å². The van der Waals surface area contributed by atoms with E-state index >= 15 is 0 Å². The maximum Gasteiger partial charge on any atom is 0.254 e. The van der Waals surface area contributed by atoms with Gasteiger partial charge in [-0.1, -0.05) is 63.2 Å². The quantitative estimate of drug-likeness (QED) is 0.445. The summed E-state index contributed by atoms with van der Waals surface area (Å²) in [5, 5.41) is 0. The number of benzene rings is 3. The maximum atomic E-state index is 13.4. The van der Waals surface area contributed by atoms with Crippen LogP contribution in [-0.4, -0.2) is 52.5 Å². The molecule has 1 heterocycles. The number of sulfone groups is 1. The Morgan fingerprint density at radius 1 is 0.919 bits per heavy atom. The van der Waals surface area contributed by atoms with Crippen LogP contribution in [0, 0.1) is 6.92 Å². The van der Waals surface area contributed by atoms with Crippen molar-refractivity contribution in [3.05, 3.63) is 89.0 Å². The van der Waals surface area contributed by atoms with Crippen LogP contribution in [0.4, 0.5) is 5.69 Å². The minimum atomic E-state index is -3.61. The van der Waals surface area contributed by atoms with Gasteiger partial charge < -0.3 is 14.5 Å². The third-order valence-electron chi connectivity index (χ3n) is 6.97. The summed E-state index contributed by atoms with van der Waals surface area (Å²) in [5.74, 6) is 0.568. The number of hydrogen-bond donors (Lipinski definition) is 0. The van der Waals surface area contributed by atoms with E-state index in [4.69, 9.17) is 4.74 Å². The molecular formula is C30H36N2O4S. The summed E-state index contributed by atoms with van der Waals surface area (Å²) in [6.07, 6.45) is 0. The van der Waals surface area contributed by atoms with Gasteiger partial charge in [0, 0.05) is 31.7 Å². The minimum Gasteiger partial charge on any atom is -0.495 e. The van der Waals surface area contributed by atoms with E-state index in [-0.39, 0.29) is 22.0 Å². The number of methoxy groups -OCH3 is 1. The Balaban J connectivity index is 1.48. The van der Waals surface area contributed by atoms with Gasteiger partial charge in [0.05, 0.1) is 23.4 Å². The molecule has 0 bridgehead atoms. The van der Waals surface area contributed by atoms with Crippen molar-refractivity contribution in [2.45, 2.75) is 43.8 Å². The first-order valence-electron chi connectivity index (χ1n) is 12.6. The van der Waals surface area contributed by atoms with E-state index in [1.165, 1.54) is 0 Å². The second kappa shape index (κ2) is 10.6. The van der Waals surface area contributed by atoms with E-state index in [1.54, 1.807) is 30.2 Å². The van der Waals surface area contributed by atoms with Crippen molar-refractivity contribution >= 4 is 21.4 Å². The van der Waals surface area contributed by atoms with E-state index in [2.05, 4.69) is 25.7 Å². The Kier molecular flexibility index (Phi) is 7.64. The Hall–Kier alpha value is -3.32. The van der Waals surface area contributed by atoms with E-state index in [0.717, 1.165) is 28.1 Å². The standard InChI is InChI=1S/C30H36N2O4S/c1-22-10-15-25(37(34,35)21-23-11-13-24(14-12-23)30(2,3)4)20-26(22)29(33)32-18-16-31(17-19-32)27-8-6-7-9-28(27)36-5/h6-15,20H,16-19,21H2,1-5H3. The first-order valence-corrected chi connectivity index (χ1v) is 14.2. The van der Waals surface area contributed by atoms with E-state index < -0.39 is 9.84 Å². The van der Waals surface area contributed by atoms with Crippen LogP contribution in [0.3, 0.4) is 0 Å². The molecule has 37 heavy (non-hydrogen) atoms. The molecule has 0 radical (unpaired) electrons. The number of nitrogens with zero attached hydrogens (tertiary/aromatic N) is 2. The summed E-state index contributed by atoms with van der Waals surface area (Å²) in [6, 6.07) is 20.5. The normalized spacial score (nSPS) is 14.5. The third-order valence-corrected chi connectivity index (χ3v) is 8.65. The second-order valence-electron chi connectivity index (χ2n) is 10.6. The van der Waals surface area contributed by atoms with Crippen molar-refractivity contribution in [3.8, 4) is 5.75 Å². The number of hydrogen-bond acceptors (Lipinski definition) is 5. The van der Waals surface area contributed by atoms with Gasteiger partial charge in [-0.05, 0) is 53.3 Å². The molecule has 0 aliphatic carbocycles.